The van der Waals surface area contributed by atoms with Gasteiger partial charge in [-0.2, -0.15) is 0 Å². The largest absolute Gasteiger partial charge is 0.309 e. The molecule has 2 heteroatoms. The summed E-state index contributed by atoms with van der Waals surface area (Å²) in [4.78, 5) is 2.27. The van der Waals surface area contributed by atoms with Gasteiger partial charge in [0.05, 0.1) is 0 Å². The van der Waals surface area contributed by atoms with Crippen molar-refractivity contribution in [2.45, 2.75) is 19.3 Å². The molecule has 22 heavy (non-hydrogen) atoms. The molecular weight excluding hydrogens is 290 g/mol. The zero-order chi connectivity index (χ0) is 14.7. The first-order valence-electron chi connectivity index (χ1n) is 7.76. The van der Waals surface area contributed by atoms with Crippen molar-refractivity contribution in [3.05, 3.63) is 71.3 Å². The molecule has 0 N–H and O–H groups in total. The Kier molecular flexibility index (Phi) is 5.82. The maximum absolute atomic E-state index is 2.29. The van der Waals surface area contributed by atoms with E-state index in [1.54, 1.807) is 5.57 Å². The Morgan fingerprint density at radius 2 is 1.59 bits per heavy atom. The second-order valence-electron chi connectivity index (χ2n) is 6.06. The van der Waals surface area contributed by atoms with Gasteiger partial charge in [0.2, 0.25) is 0 Å². The van der Waals surface area contributed by atoms with Crippen molar-refractivity contribution in [3.8, 4) is 0 Å². The van der Waals surface area contributed by atoms with Gasteiger partial charge in [0.1, 0.15) is 0 Å². The van der Waals surface area contributed by atoms with E-state index in [0.717, 1.165) is 13.0 Å². The third kappa shape index (κ3) is 3.60. The van der Waals surface area contributed by atoms with Crippen LogP contribution in [0.1, 0.15) is 29.5 Å². The molecule has 0 fully saturated rings. The van der Waals surface area contributed by atoms with E-state index >= 15 is 0 Å². The van der Waals surface area contributed by atoms with Crippen LogP contribution in [0.4, 0.5) is 0 Å². The van der Waals surface area contributed by atoms with Gasteiger partial charge < -0.3 is 4.90 Å². The van der Waals surface area contributed by atoms with E-state index in [-0.39, 0.29) is 12.4 Å². The van der Waals surface area contributed by atoms with Crippen LogP contribution in [0.3, 0.4) is 0 Å². The summed E-state index contributed by atoms with van der Waals surface area (Å²) in [5, 5.41) is 0. The van der Waals surface area contributed by atoms with Crippen molar-refractivity contribution < 1.29 is 0 Å². The number of allylic oxidation sites excluding steroid dienone is 2. The predicted molar refractivity (Wildman–Crippen MR) is 98.4 cm³/mol. The van der Waals surface area contributed by atoms with Crippen LogP contribution in [0.5, 0.6) is 0 Å². The highest BCUT2D eigenvalue weighted by Gasteiger charge is 2.21. The van der Waals surface area contributed by atoms with Crippen molar-refractivity contribution >= 4 is 23.6 Å². The van der Waals surface area contributed by atoms with Crippen molar-refractivity contribution in [3.63, 3.8) is 0 Å². The second-order valence-corrected chi connectivity index (χ2v) is 6.06. The highest BCUT2D eigenvalue weighted by Crippen LogP contribution is 2.40. The highest BCUT2D eigenvalue weighted by atomic mass is 35.5. The Balaban J connectivity index is 0.00000176. The van der Waals surface area contributed by atoms with E-state index in [4.69, 9.17) is 0 Å². The lowest BCUT2D eigenvalue weighted by Gasteiger charge is -2.12. The van der Waals surface area contributed by atoms with Crippen LogP contribution in [0.2, 0.25) is 0 Å². The summed E-state index contributed by atoms with van der Waals surface area (Å²) in [6.07, 6.45) is 3.46. The smallest absolute Gasteiger partial charge is 0.00108 e. The average molecular weight is 314 g/mol. The van der Waals surface area contributed by atoms with Gasteiger partial charge in [-0.25, -0.2) is 0 Å². The molecule has 2 aromatic rings. The normalized spacial score (nSPS) is 13.2. The van der Waals surface area contributed by atoms with Crippen LogP contribution >= 0.6 is 12.4 Å². The minimum atomic E-state index is 0. The molecule has 0 amide bonds. The zero-order valence-corrected chi connectivity index (χ0v) is 14.2. The minimum absolute atomic E-state index is 0. The summed E-state index contributed by atoms with van der Waals surface area (Å²) in [5.74, 6) is 0. The number of rotatable bonds is 5. The first kappa shape index (κ1) is 16.8. The zero-order valence-electron chi connectivity index (χ0n) is 13.4. The number of hydrogen-bond acceptors (Lipinski definition) is 1. The molecule has 0 bridgehead atoms. The van der Waals surface area contributed by atoms with Gasteiger partial charge in [0, 0.05) is 0 Å². The summed E-state index contributed by atoms with van der Waals surface area (Å²) in [6, 6.07) is 19.8. The number of nitrogens with zero attached hydrogens (tertiary/aromatic N) is 1. The summed E-state index contributed by atoms with van der Waals surface area (Å²) < 4.78 is 0. The van der Waals surface area contributed by atoms with Crippen LogP contribution in [0, 0.1) is 0 Å². The molecule has 1 aliphatic rings. The lowest BCUT2D eigenvalue weighted by molar-refractivity contribution is 0.403. The summed E-state index contributed by atoms with van der Waals surface area (Å²) in [5.41, 5.74) is 7.41. The van der Waals surface area contributed by atoms with Crippen LogP contribution < -0.4 is 0 Å². The lowest BCUT2D eigenvalue weighted by atomic mass is 9.97. The SMILES string of the molecule is CN(C)CCCC1=C(c2ccccc2)Cc2ccccc21.Cl. The van der Waals surface area contributed by atoms with Crippen molar-refractivity contribution in [2.75, 3.05) is 20.6 Å². The molecule has 116 valence electrons. The molecule has 0 heterocycles. The third-order valence-electron chi connectivity index (χ3n) is 4.23. The quantitative estimate of drug-likeness (QED) is 0.757. The summed E-state index contributed by atoms with van der Waals surface area (Å²) in [6.45, 7) is 1.15. The lowest BCUT2D eigenvalue weighted by Crippen LogP contribution is -2.12. The van der Waals surface area contributed by atoms with E-state index in [0.29, 0.717) is 0 Å². The monoisotopic (exact) mass is 313 g/mol. The van der Waals surface area contributed by atoms with Crippen molar-refractivity contribution in [1.82, 2.24) is 4.90 Å². The molecule has 2 aromatic carbocycles. The van der Waals surface area contributed by atoms with Gasteiger partial charge in [-0.05, 0) is 67.7 Å². The van der Waals surface area contributed by atoms with Gasteiger partial charge in [-0.1, -0.05) is 54.6 Å². The fourth-order valence-corrected chi connectivity index (χ4v) is 3.20. The molecule has 0 radical (unpaired) electrons. The molecule has 0 unspecified atom stereocenters. The van der Waals surface area contributed by atoms with E-state index in [1.807, 2.05) is 0 Å². The molecule has 0 aromatic heterocycles. The molecular formula is C20H24ClN. The van der Waals surface area contributed by atoms with Gasteiger partial charge in [-0.15, -0.1) is 12.4 Å². The van der Waals surface area contributed by atoms with E-state index in [1.165, 1.54) is 35.1 Å². The molecule has 3 rings (SSSR count). The third-order valence-corrected chi connectivity index (χ3v) is 4.23. The average Bonchev–Trinajstić information content (AvgIpc) is 2.87. The fourth-order valence-electron chi connectivity index (χ4n) is 3.20. The number of benzene rings is 2. The number of fused-ring (bicyclic) bond motifs is 1. The first-order valence-corrected chi connectivity index (χ1v) is 7.76. The standard InChI is InChI=1S/C20H23N.ClH/c1-21(2)14-8-13-19-18-12-7-6-11-17(18)15-20(19)16-9-4-3-5-10-16;/h3-7,9-12H,8,13-15H2,1-2H3;1H. The van der Waals surface area contributed by atoms with E-state index in [9.17, 15) is 0 Å². The fraction of sp³-hybridized carbons (Fsp3) is 0.300. The van der Waals surface area contributed by atoms with Gasteiger partial charge in [0.15, 0.2) is 0 Å². The molecule has 0 saturated carbocycles. The molecule has 1 aliphatic carbocycles. The predicted octanol–water partition coefficient (Wildman–Crippen LogP) is 4.92. The van der Waals surface area contributed by atoms with Crippen LogP contribution in [0.25, 0.3) is 11.1 Å². The Hall–Kier alpha value is -1.57. The van der Waals surface area contributed by atoms with Gasteiger partial charge >= 0.3 is 0 Å². The Labute approximate surface area is 140 Å². The first-order chi connectivity index (χ1) is 10.3. The van der Waals surface area contributed by atoms with Crippen LogP contribution in [0.15, 0.2) is 54.6 Å². The summed E-state index contributed by atoms with van der Waals surface area (Å²) in [7, 11) is 4.30. The molecule has 1 nitrogen and oxygen atoms in total. The maximum atomic E-state index is 2.29. The van der Waals surface area contributed by atoms with Crippen LogP contribution in [-0.2, 0) is 6.42 Å². The topological polar surface area (TPSA) is 3.24 Å². The van der Waals surface area contributed by atoms with Gasteiger partial charge in [-0.3, -0.25) is 0 Å². The Morgan fingerprint density at radius 1 is 0.909 bits per heavy atom. The second kappa shape index (κ2) is 7.62. The minimum Gasteiger partial charge on any atom is -0.309 e. The maximum Gasteiger partial charge on any atom is -0.00108 e. The van der Waals surface area contributed by atoms with Crippen LogP contribution in [-0.4, -0.2) is 25.5 Å². The van der Waals surface area contributed by atoms with E-state index in [2.05, 4.69) is 73.6 Å². The Bertz CT molecular complexity index is 644. The molecule has 0 saturated heterocycles. The van der Waals surface area contributed by atoms with Gasteiger partial charge in [0.25, 0.3) is 0 Å². The molecule has 0 atom stereocenters. The molecule has 0 spiro atoms. The van der Waals surface area contributed by atoms with E-state index < -0.39 is 0 Å². The number of halogens is 1. The highest BCUT2D eigenvalue weighted by molar-refractivity contribution is 5.97. The van der Waals surface area contributed by atoms with Crippen molar-refractivity contribution in [1.29, 1.82) is 0 Å². The number of hydrogen-bond donors (Lipinski definition) is 0. The Morgan fingerprint density at radius 3 is 2.32 bits per heavy atom. The molecule has 0 aliphatic heterocycles. The van der Waals surface area contributed by atoms with Crippen molar-refractivity contribution in [2.24, 2.45) is 0 Å². The summed E-state index contributed by atoms with van der Waals surface area (Å²) >= 11 is 0.